The molecule has 1 saturated carbocycles. The molecule has 0 spiro atoms. The second-order valence-electron chi connectivity index (χ2n) is 4.97. The topological polar surface area (TPSA) is 63.7 Å². The van der Waals surface area contributed by atoms with Crippen LogP contribution in [0.15, 0.2) is 0 Å². The second-order valence-corrected chi connectivity index (χ2v) is 4.97. The van der Waals surface area contributed by atoms with Crippen LogP contribution in [0.25, 0.3) is 0 Å². The Kier molecular flexibility index (Phi) is 3.17. The zero-order chi connectivity index (χ0) is 12.6. The van der Waals surface area contributed by atoms with Crippen molar-refractivity contribution >= 4 is 17.8 Å². The molecule has 5 heteroatoms. The molecule has 0 N–H and O–H groups in total. The first-order valence-electron chi connectivity index (χ1n) is 6.05. The van der Waals surface area contributed by atoms with Gasteiger partial charge in [0.25, 0.3) is 5.91 Å². The average Bonchev–Trinajstić information content (AvgIpc) is 2.69. The molecule has 94 valence electrons. The third-order valence-electron chi connectivity index (χ3n) is 3.44. The summed E-state index contributed by atoms with van der Waals surface area (Å²) in [6, 6.07) is 0.0627. The largest absolute Gasteiger partial charge is 0.455 e. The van der Waals surface area contributed by atoms with Crippen LogP contribution in [0, 0.1) is 11.8 Å². The lowest BCUT2D eigenvalue weighted by molar-refractivity contribution is -0.170. The number of hydrogen-bond donors (Lipinski definition) is 0. The third kappa shape index (κ3) is 2.06. The van der Waals surface area contributed by atoms with E-state index in [1.54, 1.807) is 13.8 Å². The molecule has 0 radical (unpaired) electrons. The molecule has 0 bridgehead atoms. The molecule has 17 heavy (non-hydrogen) atoms. The number of imide groups is 1. The molecular weight excluding hydrogens is 222 g/mol. The first-order chi connectivity index (χ1) is 8.02. The Balaban J connectivity index is 1.85. The molecule has 1 aliphatic heterocycles. The predicted octanol–water partition coefficient (Wildman–Crippen LogP) is 0.723. The Morgan fingerprint density at radius 2 is 2.12 bits per heavy atom. The van der Waals surface area contributed by atoms with Crippen LogP contribution in [0.2, 0.25) is 0 Å². The number of ether oxygens (including phenoxy) is 1. The maximum absolute atomic E-state index is 11.7. The van der Waals surface area contributed by atoms with E-state index in [0.29, 0.717) is 0 Å². The maximum Gasteiger partial charge on any atom is 0.308 e. The van der Waals surface area contributed by atoms with Crippen LogP contribution in [-0.2, 0) is 19.1 Å². The van der Waals surface area contributed by atoms with Crippen LogP contribution < -0.4 is 0 Å². The summed E-state index contributed by atoms with van der Waals surface area (Å²) in [7, 11) is 0. The number of fused-ring (bicyclic) bond motifs is 1. The number of esters is 1. The normalized spacial score (nSPS) is 26.8. The molecular formula is C12H17NO4. The smallest absolute Gasteiger partial charge is 0.308 e. The second kappa shape index (κ2) is 4.47. The van der Waals surface area contributed by atoms with Crippen LogP contribution in [0.5, 0.6) is 0 Å². The van der Waals surface area contributed by atoms with Gasteiger partial charge in [-0.25, -0.2) is 0 Å². The minimum absolute atomic E-state index is 0.0414. The zero-order valence-corrected chi connectivity index (χ0v) is 10.1. The maximum atomic E-state index is 11.7. The van der Waals surface area contributed by atoms with Crippen molar-refractivity contribution in [1.29, 1.82) is 0 Å². The van der Waals surface area contributed by atoms with Crippen molar-refractivity contribution in [1.82, 2.24) is 4.90 Å². The molecule has 2 atom stereocenters. The van der Waals surface area contributed by atoms with Gasteiger partial charge in [0.1, 0.15) is 0 Å². The number of amides is 2. The van der Waals surface area contributed by atoms with Crippen LogP contribution in [-0.4, -0.2) is 35.3 Å². The Labute approximate surface area is 100 Å². The minimum Gasteiger partial charge on any atom is -0.455 e. The molecule has 1 saturated heterocycles. The van der Waals surface area contributed by atoms with Crippen molar-refractivity contribution in [3.8, 4) is 0 Å². The van der Waals surface area contributed by atoms with Crippen molar-refractivity contribution in [2.45, 2.75) is 39.2 Å². The van der Waals surface area contributed by atoms with Gasteiger partial charge in [0.2, 0.25) is 5.91 Å². The van der Waals surface area contributed by atoms with Crippen LogP contribution in [0.3, 0.4) is 0 Å². The van der Waals surface area contributed by atoms with Gasteiger partial charge in [-0.1, -0.05) is 20.3 Å². The summed E-state index contributed by atoms with van der Waals surface area (Å²) < 4.78 is 4.84. The number of rotatable bonds is 3. The van der Waals surface area contributed by atoms with Crippen molar-refractivity contribution in [2.75, 3.05) is 6.61 Å². The Hall–Kier alpha value is -1.39. The average molecular weight is 239 g/mol. The first kappa shape index (κ1) is 12.1. The van der Waals surface area contributed by atoms with Crippen molar-refractivity contribution in [3.63, 3.8) is 0 Å². The SMILES string of the molecule is CC(C)C(=O)OCC(=O)N1C(=O)C2CCCC21. The van der Waals surface area contributed by atoms with Gasteiger partial charge in [-0.2, -0.15) is 0 Å². The highest BCUT2D eigenvalue weighted by Gasteiger charge is 2.52. The monoisotopic (exact) mass is 239 g/mol. The molecule has 1 aliphatic carbocycles. The standard InChI is InChI=1S/C12H17NO4/c1-7(2)12(16)17-6-10(14)13-9-5-3-4-8(9)11(13)15/h7-9H,3-6H2,1-2H3. The van der Waals surface area contributed by atoms with Gasteiger partial charge in [-0.3, -0.25) is 19.3 Å². The number of β-lactam (4-membered cyclic amide) rings is 1. The van der Waals surface area contributed by atoms with Gasteiger partial charge in [0.05, 0.1) is 17.9 Å². The molecule has 2 fully saturated rings. The molecule has 2 aliphatic rings. The molecule has 2 rings (SSSR count). The van der Waals surface area contributed by atoms with E-state index < -0.39 is 5.97 Å². The summed E-state index contributed by atoms with van der Waals surface area (Å²) in [6.07, 6.45) is 2.77. The van der Waals surface area contributed by atoms with E-state index in [4.69, 9.17) is 4.74 Å². The Bertz CT molecular complexity index is 364. The van der Waals surface area contributed by atoms with Crippen molar-refractivity contribution in [3.05, 3.63) is 0 Å². The molecule has 5 nitrogen and oxygen atoms in total. The molecule has 2 unspecified atom stereocenters. The Morgan fingerprint density at radius 3 is 2.76 bits per heavy atom. The van der Waals surface area contributed by atoms with E-state index in [1.807, 2.05) is 0 Å². The summed E-state index contributed by atoms with van der Waals surface area (Å²) in [5, 5.41) is 0. The van der Waals surface area contributed by atoms with Gasteiger partial charge >= 0.3 is 5.97 Å². The number of likely N-dealkylation sites (tertiary alicyclic amines) is 1. The minimum atomic E-state index is -0.408. The summed E-state index contributed by atoms with van der Waals surface area (Å²) in [6.45, 7) is 3.09. The van der Waals surface area contributed by atoms with Gasteiger partial charge in [-0.05, 0) is 12.8 Å². The number of carbonyl (C=O) groups is 3. The summed E-state index contributed by atoms with van der Waals surface area (Å²) >= 11 is 0. The number of hydrogen-bond acceptors (Lipinski definition) is 4. The van der Waals surface area contributed by atoms with E-state index in [9.17, 15) is 14.4 Å². The molecule has 0 aromatic carbocycles. The van der Waals surface area contributed by atoms with E-state index >= 15 is 0 Å². The van der Waals surface area contributed by atoms with E-state index in [1.165, 1.54) is 4.90 Å². The number of nitrogens with zero attached hydrogens (tertiary/aromatic N) is 1. The molecule has 0 aromatic heterocycles. The van der Waals surface area contributed by atoms with E-state index in [2.05, 4.69) is 0 Å². The van der Waals surface area contributed by atoms with Crippen molar-refractivity contribution in [2.24, 2.45) is 11.8 Å². The summed E-state index contributed by atoms with van der Waals surface area (Å²) in [5.74, 6) is -1.10. The highest BCUT2D eigenvalue weighted by atomic mass is 16.5. The van der Waals surface area contributed by atoms with E-state index in [0.717, 1.165) is 19.3 Å². The van der Waals surface area contributed by atoms with Crippen LogP contribution in [0.4, 0.5) is 0 Å². The van der Waals surface area contributed by atoms with Gasteiger partial charge in [-0.15, -0.1) is 0 Å². The lowest BCUT2D eigenvalue weighted by Crippen LogP contribution is -2.61. The fraction of sp³-hybridized carbons (Fsp3) is 0.750. The van der Waals surface area contributed by atoms with Gasteiger partial charge < -0.3 is 4.74 Å². The summed E-state index contributed by atoms with van der Waals surface area (Å²) in [4.78, 5) is 35.8. The highest BCUT2D eigenvalue weighted by Crippen LogP contribution is 2.39. The lowest BCUT2D eigenvalue weighted by atomic mass is 9.90. The van der Waals surface area contributed by atoms with Gasteiger partial charge in [0, 0.05) is 0 Å². The third-order valence-corrected chi connectivity index (χ3v) is 3.44. The Morgan fingerprint density at radius 1 is 1.41 bits per heavy atom. The van der Waals surface area contributed by atoms with E-state index in [-0.39, 0.29) is 36.3 Å². The quantitative estimate of drug-likeness (QED) is 0.538. The fourth-order valence-corrected chi connectivity index (χ4v) is 2.47. The summed E-state index contributed by atoms with van der Waals surface area (Å²) in [5.41, 5.74) is 0. The molecule has 1 heterocycles. The zero-order valence-electron chi connectivity index (χ0n) is 10.1. The van der Waals surface area contributed by atoms with Crippen LogP contribution in [0.1, 0.15) is 33.1 Å². The first-order valence-corrected chi connectivity index (χ1v) is 6.05. The predicted molar refractivity (Wildman–Crippen MR) is 58.8 cm³/mol. The molecule has 0 aromatic rings. The van der Waals surface area contributed by atoms with Crippen molar-refractivity contribution < 1.29 is 19.1 Å². The lowest BCUT2D eigenvalue weighted by Gasteiger charge is -2.41. The highest BCUT2D eigenvalue weighted by molar-refractivity contribution is 6.03. The number of carbonyl (C=O) groups excluding carboxylic acids is 3. The van der Waals surface area contributed by atoms with Crippen LogP contribution >= 0.6 is 0 Å². The fourth-order valence-electron chi connectivity index (χ4n) is 2.47. The van der Waals surface area contributed by atoms with Gasteiger partial charge in [0.15, 0.2) is 6.61 Å². The molecule has 2 amide bonds.